The molecule has 1 aromatic heterocycles. The molecule has 0 saturated heterocycles. The zero-order valence-electron chi connectivity index (χ0n) is 12.5. The monoisotopic (exact) mass is 372 g/mol. The Morgan fingerprint density at radius 1 is 1.04 bits per heavy atom. The van der Waals surface area contributed by atoms with E-state index in [0.29, 0.717) is 19.0 Å². The van der Waals surface area contributed by atoms with E-state index < -0.39 is 0 Å². The zero-order chi connectivity index (χ0) is 15.9. The van der Waals surface area contributed by atoms with Crippen LogP contribution in [0, 0.1) is 0 Å². The molecule has 0 atom stereocenters. The van der Waals surface area contributed by atoms with Crippen molar-refractivity contribution in [2.24, 2.45) is 0 Å². The summed E-state index contributed by atoms with van der Waals surface area (Å²) in [6.07, 6.45) is 1.68. The third kappa shape index (κ3) is 4.43. The predicted molar refractivity (Wildman–Crippen MR) is 93.3 cm³/mol. The highest BCUT2D eigenvalue weighted by atomic mass is 79.9. The van der Waals surface area contributed by atoms with Crippen molar-refractivity contribution in [1.29, 1.82) is 0 Å². The van der Waals surface area contributed by atoms with Crippen LogP contribution in [-0.2, 0) is 6.54 Å². The minimum atomic E-state index is 0.610. The normalized spacial score (nSPS) is 10.7. The summed E-state index contributed by atoms with van der Waals surface area (Å²) in [5.41, 5.74) is 1.82. The third-order valence-electron chi connectivity index (χ3n) is 3.25. The van der Waals surface area contributed by atoms with E-state index in [1.165, 1.54) is 0 Å². The summed E-state index contributed by atoms with van der Waals surface area (Å²) >= 11 is 3.51. The summed E-state index contributed by atoms with van der Waals surface area (Å²) in [7, 11) is 0. The first-order valence-corrected chi connectivity index (χ1v) is 8.20. The summed E-state index contributed by atoms with van der Waals surface area (Å²) in [4.78, 5) is 4.50. The standard InChI is InChI=1S/C18H17BrN2O2/c19-17-9-5-4-8-16(17)18-21-14(13-23-18)12-20-10-11-22-15-6-2-1-3-7-15/h1-9,13,20H,10-12H2. The molecule has 3 rings (SSSR count). The second kappa shape index (κ2) is 7.94. The van der Waals surface area contributed by atoms with E-state index in [-0.39, 0.29) is 0 Å². The molecule has 0 unspecified atom stereocenters. The average Bonchev–Trinajstić information content (AvgIpc) is 3.04. The molecule has 0 aliphatic rings. The third-order valence-corrected chi connectivity index (χ3v) is 3.94. The highest BCUT2D eigenvalue weighted by Crippen LogP contribution is 2.27. The molecule has 0 amide bonds. The SMILES string of the molecule is Brc1ccccc1-c1nc(CNCCOc2ccccc2)co1. The number of nitrogens with zero attached hydrogens (tertiary/aromatic N) is 1. The Balaban J connectivity index is 1.46. The topological polar surface area (TPSA) is 47.3 Å². The van der Waals surface area contributed by atoms with Gasteiger partial charge in [0.1, 0.15) is 18.6 Å². The van der Waals surface area contributed by atoms with E-state index in [4.69, 9.17) is 9.15 Å². The molecule has 2 aromatic carbocycles. The van der Waals surface area contributed by atoms with E-state index in [0.717, 1.165) is 28.0 Å². The van der Waals surface area contributed by atoms with Crippen LogP contribution in [0.5, 0.6) is 5.75 Å². The summed E-state index contributed by atoms with van der Waals surface area (Å²) in [5.74, 6) is 1.50. The number of oxazole rings is 1. The molecular weight excluding hydrogens is 356 g/mol. The van der Waals surface area contributed by atoms with Gasteiger partial charge in [0, 0.05) is 17.6 Å². The number of benzene rings is 2. The Bertz CT molecular complexity index is 744. The molecule has 0 aliphatic carbocycles. The Morgan fingerprint density at radius 2 is 1.83 bits per heavy atom. The number of aromatic nitrogens is 1. The lowest BCUT2D eigenvalue weighted by Crippen LogP contribution is -2.20. The molecule has 1 heterocycles. The van der Waals surface area contributed by atoms with Crippen LogP contribution in [0.3, 0.4) is 0 Å². The predicted octanol–water partition coefficient (Wildman–Crippen LogP) is 4.27. The van der Waals surface area contributed by atoms with Crippen LogP contribution in [0.25, 0.3) is 11.5 Å². The zero-order valence-corrected chi connectivity index (χ0v) is 14.1. The molecule has 0 fully saturated rings. The van der Waals surface area contributed by atoms with Gasteiger partial charge in [-0.25, -0.2) is 4.98 Å². The molecule has 0 saturated carbocycles. The first kappa shape index (κ1) is 15.8. The van der Waals surface area contributed by atoms with Crippen LogP contribution in [0.2, 0.25) is 0 Å². The highest BCUT2D eigenvalue weighted by molar-refractivity contribution is 9.10. The molecule has 0 bridgehead atoms. The maximum atomic E-state index is 5.62. The number of hydrogen-bond donors (Lipinski definition) is 1. The van der Waals surface area contributed by atoms with Crippen LogP contribution in [0.4, 0.5) is 0 Å². The van der Waals surface area contributed by atoms with Crippen molar-refractivity contribution in [1.82, 2.24) is 10.3 Å². The Kier molecular flexibility index (Phi) is 5.45. The fourth-order valence-electron chi connectivity index (χ4n) is 2.12. The summed E-state index contributed by atoms with van der Waals surface area (Å²) < 4.78 is 12.1. The van der Waals surface area contributed by atoms with Gasteiger partial charge < -0.3 is 14.5 Å². The largest absolute Gasteiger partial charge is 0.492 e. The van der Waals surface area contributed by atoms with Gasteiger partial charge in [0.25, 0.3) is 0 Å². The lowest BCUT2D eigenvalue weighted by atomic mass is 10.2. The molecule has 118 valence electrons. The number of para-hydroxylation sites is 1. The van der Waals surface area contributed by atoms with Gasteiger partial charge in [-0.2, -0.15) is 0 Å². The van der Waals surface area contributed by atoms with Crippen molar-refractivity contribution in [2.75, 3.05) is 13.2 Å². The molecule has 5 heteroatoms. The summed E-state index contributed by atoms with van der Waals surface area (Å²) in [5, 5.41) is 3.29. The van der Waals surface area contributed by atoms with E-state index in [9.17, 15) is 0 Å². The molecule has 23 heavy (non-hydrogen) atoms. The molecule has 3 aromatic rings. The van der Waals surface area contributed by atoms with Gasteiger partial charge in [-0.15, -0.1) is 0 Å². The molecule has 0 spiro atoms. The van der Waals surface area contributed by atoms with Crippen molar-refractivity contribution < 1.29 is 9.15 Å². The number of nitrogens with one attached hydrogen (secondary N) is 1. The number of hydrogen-bond acceptors (Lipinski definition) is 4. The molecule has 4 nitrogen and oxygen atoms in total. The van der Waals surface area contributed by atoms with E-state index in [1.54, 1.807) is 6.26 Å². The van der Waals surface area contributed by atoms with Crippen molar-refractivity contribution in [3.05, 3.63) is 71.0 Å². The first-order chi connectivity index (χ1) is 11.3. The average molecular weight is 373 g/mol. The van der Waals surface area contributed by atoms with Gasteiger partial charge in [0.15, 0.2) is 0 Å². The van der Waals surface area contributed by atoms with Gasteiger partial charge in [0.05, 0.1) is 11.3 Å². The van der Waals surface area contributed by atoms with Gasteiger partial charge in [-0.3, -0.25) is 0 Å². The van der Waals surface area contributed by atoms with Crippen molar-refractivity contribution in [3.63, 3.8) is 0 Å². The van der Waals surface area contributed by atoms with Gasteiger partial charge in [0.2, 0.25) is 5.89 Å². The van der Waals surface area contributed by atoms with Crippen molar-refractivity contribution >= 4 is 15.9 Å². The van der Waals surface area contributed by atoms with Crippen LogP contribution >= 0.6 is 15.9 Å². The van der Waals surface area contributed by atoms with Crippen LogP contribution < -0.4 is 10.1 Å². The lowest BCUT2D eigenvalue weighted by molar-refractivity contribution is 0.313. The molecule has 0 aliphatic heterocycles. The highest BCUT2D eigenvalue weighted by Gasteiger charge is 2.09. The van der Waals surface area contributed by atoms with Gasteiger partial charge in [-0.05, 0) is 40.2 Å². The maximum absolute atomic E-state index is 5.62. The van der Waals surface area contributed by atoms with Crippen LogP contribution in [0.15, 0.2) is 69.8 Å². The summed E-state index contributed by atoms with van der Waals surface area (Å²) in [6, 6.07) is 17.7. The van der Waals surface area contributed by atoms with Gasteiger partial charge >= 0.3 is 0 Å². The fraction of sp³-hybridized carbons (Fsp3) is 0.167. The quantitative estimate of drug-likeness (QED) is 0.629. The maximum Gasteiger partial charge on any atom is 0.227 e. The number of halogens is 1. The molecule has 0 radical (unpaired) electrons. The minimum absolute atomic E-state index is 0.610. The van der Waals surface area contributed by atoms with Crippen LogP contribution in [-0.4, -0.2) is 18.1 Å². The van der Waals surface area contributed by atoms with E-state index in [1.807, 2.05) is 54.6 Å². The smallest absolute Gasteiger partial charge is 0.227 e. The Labute approximate surface area is 143 Å². The number of rotatable bonds is 7. The molecule has 1 N–H and O–H groups in total. The van der Waals surface area contributed by atoms with Crippen LogP contribution in [0.1, 0.15) is 5.69 Å². The number of ether oxygens (including phenoxy) is 1. The second-order valence-electron chi connectivity index (χ2n) is 4.96. The molecular formula is C18H17BrN2O2. The van der Waals surface area contributed by atoms with E-state index >= 15 is 0 Å². The first-order valence-electron chi connectivity index (χ1n) is 7.41. The van der Waals surface area contributed by atoms with Gasteiger partial charge in [-0.1, -0.05) is 30.3 Å². The lowest BCUT2D eigenvalue weighted by Gasteiger charge is -2.06. The van der Waals surface area contributed by atoms with Crippen molar-refractivity contribution in [2.45, 2.75) is 6.54 Å². The van der Waals surface area contributed by atoms with Crippen molar-refractivity contribution in [3.8, 4) is 17.2 Å². The summed E-state index contributed by atoms with van der Waals surface area (Å²) in [6.45, 7) is 2.00. The second-order valence-corrected chi connectivity index (χ2v) is 5.82. The Morgan fingerprint density at radius 3 is 2.65 bits per heavy atom. The minimum Gasteiger partial charge on any atom is -0.492 e. The Hall–Kier alpha value is -2.11. The van der Waals surface area contributed by atoms with E-state index in [2.05, 4.69) is 26.2 Å². The fourth-order valence-corrected chi connectivity index (χ4v) is 2.58.